The van der Waals surface area contributed by atoms with Gasteiger partial charge in [0.1, 0.15) is 0 Å². The predicted molar refractivity (Wildman–Crippen MR) is 94.9 cm³/mol. The van der Waals surface area contributed by atoms with Crippen molar-refractivity contribution in [2.24, 2.45) is 0 Å². The third-order valence-electron chi connectivity index (χ3n) is 2.76. The zero-order valence-corrected chi connectivity index (χ0v) is 15.0. The minimum absolute atomic E-state index is 0.340. The van der Waals surface area contributed by atoms with Crippen LogP contribution in [0.4, 0.5) is 5.69 Å². The third kappa shape index (κ3) is 4.12. The summed E-state index contributed by atoms with van der Waals surface area (Å²) in [5, 5.41) is 3.51. The van der Waals surface area contributed by atoms with E-state index < -0.39 is 5.97 Å². The molecular weight excluding hydrogens is 440 g/mol. The maximum Gasteiger partial charge on any atom is 0.337 e. The molecule has 7 heteroatoms. The lowest BCUT2D eigenvalue weighted by molar-refractivity contribution is 0.0600. The van der Waals surface area contributed by atoms with Crippen molar-refractivity contribution in [3.8, 4) is 0 Å². The van der Waals surface area contributed by atoms with Crippen LogP contribution in [0.3, 0.4) is 0 Å². The first-order valence-corrected chi connectivity index (χ1v) is 7.89. The van der Waals surface area contributed by atoms with E-state index in [1.54, 1.807) is 24.3 Å². The van der Waals surface area contributed by atoms with E-state index in [2.05, 4.69) is 10.1 Å². The van der Waals surface area contributed by atoms with E-state index in [4.69, 9.17) is 23.2 Å². The lowest BCUT2D eigenvalue weighted by atomic mass is 10.2. The quantitative estimate of drug-likeness (QED) is 0.548. The van der Waals surface area contributed by atoms with Gasteiger partial charge in [0.15, 0.2) is 0 Å². The number of ether oxygens (including phenoxy) is 1. The molecule has 0 atom stereocenters. The second-order valence-electron chi connectivity index (χ2n) is 4.30. The summed E-state index contributed by atoms with van der Waals surface area (Å²) in [5.41, 5.74) is 1.34. The fraction of sp³-hybridized carbons (Fsp3) is 0.0667. The Morgan fingerprint density at radius 2 is 1.68 bits per heavy atom. The van der Waals surface area contributed by atoms with E-state index >= 15 is 0 Å². The van der Waals surface area contributed by atoms with Crippen LogP contribution in [0.15, 0.2) is 36.4 Å². The smallest absolute Gasteiger partial charge is 0.337 e. The number of benzene rings is 2. The predicted octanol–water partition coefficient (Wildman–Crippen LogP) is 4.64. The number of carbonyl (C=O) groups excluding carboxylic acids is 2. The normalized spacial score (nSPS) is 10.2. The number of hydrogen-bond acceptors (Lipinski definition) is 3. The molecular formula is C15H10Cl2INO3. The number of carbonyl (C=O) groups is 2. The number of methoxy groups -OCH3 is 1. The van der Waals surface area contributed by atoms with Gasteiger partial charge in [-0.1, -0.05) is 23.2 Å². The van der Waals surface area contributed by atoms with Crippen LogP contribution < -0.4 is 5.32 Å². The molecule has 0 aliphatic heterocycles. The molecule has 0 saturated carbocycles. The van der Waals surface area contributed by atoms with Crippen LogP contribution >= 0.6 is 45.8 Å². The number of amides is 1. The van der Waals surface area contributed by atoms with Crippen molar-refractivity contribution in [1.29, 1.82) is 0 Å². The molecule has 0 aliphatic carbocycles. The van der Waals surface area contributed by atoms with Crippen LogP contribution in [-0.4, -0.2) is 19.0 Å². The number of anilines is 1. The third-order valence-corrected chi connectivity index (χ3v) is 4.09. The Hall–Kier alpha value is -1.31. The van der Waals surface area contributed by atoms with E-state index in [1.807, 2.05) is 22.6 Å². The average molecular weight is 450 g/mol. The molecule has 0 heterocycles. The van der Waals surface area contributed by atoms with E-state index in [0.717, 1.165) is 0 Å². The molecule has 0 aliphatic rings. The van der Waals surface area contributed by atoms with Gasteiger partial charge in [-0.05, 0) is 59.0 Å². The lowest BCUT2D eigenvalue weighted by Crippen LogP contribution is -2.13. The molecule has 0 bridgehead atoms. The van der Waals surface area contributed by atoms with Crippen LogP contribution in [-0.2, 0) is 4.74 Å². The van der Waals surface area contributed by atoms with Crippen LogP contribution in [0.2, 0.25) is 10.0 Å². The molecule has 4 nitrogen and oxygen atoms in total. The largest absolute Gasteiger partial charge is 0.465 e. The van der Waals surface area contributed by atoms with Crippen molar-refractivity contribution in [3.63, 3.8) is 0 Å². The zero-order chi connectivity index (χ0) is 16.3. The summed E-state index contributed by atoms with van der Waals surface area (Å²) in [7, 11) is 1.31. The van der Waals surface area contributed by atoms with Gasteiger partial charge in [-0.3, -0.25) is 4.79 Å². The Bertz CT molecular complexity index is 729. The summed E-state index contributed by atoms with van der Waals surface area (Å²) < 4.78 is 5.36. The van der Waals surface area contributed by atoms with Gasteiger partial charge in [0, 0.05) is 19.2 Å². The maximum absolute atomic E-state index is 12.2. The molecule has 0 saturated heterocycles. The number of esters is 1. The summed E-state index contributed by atoms with van der Waals surface area (Å²) in [6.45, 7) is 0. The average Bonchev–Trinajstić information content (AvgIpc) is 2.47. The highest BCUT2D eigenvalue weighted by molar-refractivity contribution is 14.1. The second-order valence-corrected chi connectivity index (χ2v) is 6.33. The summed E-state index contributed by atoms with van der Waals surface area (Å²) in [4.78, 5) is 23.7. The second kappa shape index (κ2) is 7.30. The molecule has 1 N–H and O–H groups in total. The summed E-state index contributed by atoms with van der Waals surface area (Å²) in [6.07, 6.45) is 0. The number of rotatable bonds is 3. The molecule has 2 aromatic rings. The summed E-state index contributed by atoms with van der Waals surface area (Å²) >= 11 is 13.8. The highest BCUT2D eigenvalue weighted by atomic mass is 127. The van der Waals surface area contributed by atoms with E-state index in [0.29, 0.717) is 30.4 Å². The molecule has 114 valence electrons. The molecule has 2 aromatic carbocycles. The molecule has 1 amide bonds. The summed E-state index contributed by atoms with van der Waals surface area (Å²) in [6, 6.07) is 9.45. The highest BCUT2D eigenvalue weighted by Crippen LogP contribution is 2.23. The van der Waals surface area contributed by atoms with Gasteiger partial charge in [-0.25, -0.2) is 4.79 Å². The van der Waals surface area contributed by atoms with Crippen molar-refractivity contribution in [3.05, 3.63) is 61.1 Å². The number of nitrogens with one attached hydrogen (secondary N) is 1. The maximum atomic E-state index is 12.2. The minimum Gasteiger partial charge on any atom is -0.465 e. The number of halogens is 3. The van der Waals surface area contributed by atoms with Crippen molar-refractivity contribution in [2.45, 2.75) is 0 Å². The number of hydrogen-bond donors (Lipinski definition) is 1. The molecule has 0 radical (unpaired) electrons. The van der Waals surface area contributed by atoms with Crippen molar-refractivity contribution < 1.29 is 14.3 Å². The van der Waals surface area contributed by atoms with Gasteiger partial charge in [0.2, 0.25) is 0 Å². The van der Waals surface area contributed by atoms with Crippen molar-refractivity contribution >= 4 is 63.4 Å². The van der Waals surface area contributed by atoms with Gasteiger partial charge >= 0.3 is 5.97 Å². The Balaban J connectivity index is 2.23. The van der Waals surface area contributed by atoms with Gasteiger partial charge in [0.05, 0.1) is 18.4 Å². The van der Waals surface area contributed by atoms with Crippen molar-refractivity contribution in [2.75, 3.05) is 12.4 Å². The SMILES string of the molecule is COC(=O)c1ccc(NC(=O)c2cc(Cl)cc(Cl)c2)c(I)c1. The molecule has 0 aromatic heterocycles. The lowest BCUT2D eigenvalue weighted by Gasteiger charge is -2.09. The zero-order valence-electron chi connectivity index (χ0n) is 11.3. The van der Waals surface area contributed by atoms with Gasteiger partial charge in [-0.15, -0.1) is 0 Å². The molecule has 0 spiro atoms. The monoisotopic (exact) mass is 449 g/mol. The van der Waals surface area contributed by atoms with Crippen LogP contribution in [0.1, 0.15) is 20.7 Å². The van der Waals surface area contributed by atoms with Gasteiger partial charge < -0.3 is 10.1 Å². The van der Waals surface area contributed by atoms with Crippen LogP contribution in [0.5, 0.6) is 0 Å². The van der Waals surface area contributed by atoms with E-state index in [9.17, 15) is 9.59 Å². The standard InChI is InChI=1S/C15H10Cl2INO3/c1-22-15(21)8-2-3-13(12(18)6-8)19-14(20)9-4-10(16)7-11(17)5-9/h2-7H,1H3,(H,19,20). The van der Waals surface area contributed by atoms with Crippen molar-refractivity contribution in [1.82, 2.24) is 0 Å². The summed E-state index contributed by atoms with van der Waals surface area (Å²) in [5.74, 6) is -0.773. The fourth-order valence-corrected chi connectivity index (χ4v) is 2.92. The Morgan fingerprint density at radius 1 is 1.05 bits per heavy atom. The topological polar surface area (TPSA) is 55.4 Å². The fourth-order valence-electron chi connectivity index (χ4n) is 1.74. The molecule has 22 heavy (non-hydrogen) atoms. The Kier molecular flexibility index (Phi) is 5.66. The van der Waals surface area contributed by atoms with E-state index in [1.165, 1.54) is 19.2 Å². The molecule has 0 fully saturated rings. The minimum atomic E-state index is -0.433. The van der Waals surface area contributed by atoms with Crippen LogP contribution in [0, 0.1) is 3.57 Å². The van der Waals surface area contributed by atoms with Gasteiger partial charge in [-0.2, -0.15) is 0 Å². The van der Waals surface area contributed by atoms with Gasteiger partial charge in [0.25, 0.3) is 5.91 Å². The van der Waals surface area contributed by atoms with Crippen LogP contribution in [0.25, 0.3) is 0 Å². The first-order valence-electron chi connectivity index (χ1n) is 6.06. The highest BCUT2D eigenvalue weighted by Gasteiger charge is 2.12. The first-order chi connectivity index (χ1) is 10.4. The molecule has 2 rings (SSSR count). The molecule has 0 unspecified atom stereocenters. The Labute approximate surface area is 150 Å². The van der Waals surface area contributed by atoms with E-state index in [-0.39, 0.29) is 5.91 Å². The first kappa shape index (κ1) is 17.1. The Morgan fingerprint density at radius 3 is 2.23 bits per heavy atom.